The minimum absolute atomic E-state index is 0.299. The third kappa shape index (κ3) is 2.90. The molecule has 1 saturated carbocycles. The zero-order valence-electron chi connectivity index (χ0n) is 12.8. The Labute approximate surface area is 137 Å². The molecule has 0 saturated heterocycles. The van der Waals surface area contributed by atoms with Gasteiger partial charge in [-0.1, -0.05) is 18.2 Å². The zero-order chi connectivity index (χ0) is 16.5. The summed E-state index contributed by atoms with van der Waals surface area (Å²) in [5, 5.41) is 14.7. The van der Waals surface area contributed by atoms with E-state index in [2.05, 4.69) is 20.8 Å². The number of carbonyl (C=O) groups is 1. The molecule has 4 rings (SSSR count). The topological polar surface area (TPSA) is 66.9 Å². The average molecular weight is 322 g/mol. The molecule has 6 heteroatoms. The summed E-state index contributed by atoms with van der Waals surface area (Å²) in [6.07, 6.45) is 3.56. The Morgan fingerprint density at radius 3 is 2.79 bits per heavy atom. The van der Waals surface area contributed by atoms with Crippen molar-refractivity contribution in [2.45, 2.75) is 18.9 Å². The first-order valence-electron chi connectivity index (χ1n) is 7.78. The molecule has 1 fully saturated rings. The highest BCUT2D eigenvalue weighted by atomic mass is 19.1. The normalized spacial score (nSPS) is 13.7. The van der Waals surface area contributed by atoms with Crippen LogP contribution in [0.25, 0.3) is 10.9 Å². The van der Waals surface area contributed by atoms with E-state index >= 15 is 0 Å². The fourth-order valence-corrected chi connectivity index (χ4v) is 2.57. The molecule has 0 aliphatic heterocycles. The summed E-state index contributed by atoms with van der Waals surface area (Å²) in [4.78, 5) is 12.7. The molecule has 2 N–H and O–H groups in total. The Morgan fingerprint density at radius 2 is 1.96 bits per heavy atom. The van der Waals surface area contributed by atoms with Gasteiger partial charge >= 0.3 is 0 Å². The van der Waals surface area contributed by atoms with Gasteiger partial charge in [-0.15, -0.1) is 0 Å². The number of anilines is 2. The molecule has 0 spiro atoms. The van der Waals surface area contributed by atoms with E-state index in [9.17, 15) is 9.18 Å². The van der Waals surface area contributed by atoms with Crippen molar-refractivity contribution in [3.63, 3.8) is 0 Å². The third-order valence-electron chi connectivity index (χ3n) is 3.96. The van der Waals surface area contributed by atoms with Crippen LogP contribution in [0.4, 0.5) is 15.8 Å². The van der Waals surface area contributed by atoms with Gasteiger partial charge in [-0.05, 0) is 37.1 Å². The molecule has 1 heterocycles. The van der Waals surface area contributed by atoms with Crippen molar-refractivity contribution >= 4 is 28.2 Å². The van der Waals surface area contributed by atoms with Gasteiger partial charge in [0.15, 0.2) is 0 Å². The average Bonchev–Trinajstić information content (AvgIpc) is 3.41. The lowest BCUT2D eigenvalue weighted by Crippen LogP contribution is -2.15. The summed E-state index contributed by atoms with van der Waals surface area (Å²) in [6.45, 7) is 0. The summed E-state index contributed by atoms with van der Waals surface area (Å²) in [7, 11) is 0. The van der Waals surface area contributed by atoms with Crippen LogP contribution in [-0.2, 0) is 0 Å². The number of rotatable bonds is 4. The van der Waals surface area contributed by atoms with Crippen LogP contribution in [0.5, 0.6) is 0 Å². The number of hydrogen-bond acceptors (Lipinski definition) is 4. The second kappa shape index (κ2) is 5.88. The molecule has 1 aliphatic carbocycles. The monoisotopic (exact) mass is 322 g/mol. The molecule has 0 unspecified atom stereocenters. The van der Waals surface area contributed by atoms with E-state index in [1.54, 1.807) is 12.1 Å². The first-order chi connectivity index (χ1) is 11.7. The number of fused-ring (bicyclic) bond motifs is 1. The largest absolute Gasteiger partial charge is 0.381 e. The molecule has 1 aromatic heterocycles. The van der Waals surface area contributed by atoms with Gasteiger partial charge in [-0.2, -0.15) is 10.2 Å². The Morgan fingerprint density at radius 1 is 1.12 bits per heavy atom. The van der Waals surface area contributed by atoms with E-state index in [1.165, 1.54) is 18.3 Å². The van der Waals surface area contributed by atoms with Gasteiger partial charge < -0.3 is 10.6 Å². The van der Waals surface area contributed by atoms with Gasteiger partial charge in [0.2, 0.25) is 0 Å². The lowest BCUT2D eigenvalue weighted by Gasteiger charge is -2.13. The molecule has 2 aromatic carbocycles. The van der Waals surface area contributed by atoms with Crippen molar-refractivity contribution in [1.29, 1.82) is 0 Å². The molecule has 1 aliphatic rings. The maximum Gasteiger partial charge on any atom is 0.258 e. The Bertz CT molecular complexity index is 919. The van der Waals surface area contributed by atoms with Crippen molar-refractivity contribution in [3.8, 4) is 0 Å². The van der Waals surface area contributed by atoms with Crippen molar-refractivity contribution in [2.24, 2.45) is 0 Å². The summed E-state index contributed by atoms with van der Waals surface area (Å²) in [5.41, 5.74) is 2.23. The van der Waals surface area contributed by atoms with Crippen LogP contribution in [0.2, 0.25) is 0 Å². The highest BCUT2D eigenvalue weighted by molar-refractivity contribution is 6.12. The first kappa shape index (κ1) is 14.6. The van der Waals surface area contributed by atoms with Crippen LogP contribution >= 0.6 is 0 Å². The molecule has 24 heavy (non-hydrogen) atoms. The highest BCUT2D eigenvalue weighted by Crippen LogP contribution is 2.30. The second-order valence-electron chi connectivity index (χ2n) is 5.84. The fourth-order valence-electron chi connectivity index (χ4n) is 2.57. The minimum Gasteiger partial charge on any atom is -0.381 e. The highest BCUT2D eigenvalue weighted by Gasteiger charge is 2.23. The van der Waals surface area contributed by atoms with Crippen LogP contribution in [-0.4, -0.2) is 22.1 Å². The van der Waals surface area contributed by atoms with Gasteiger partial charge in [0.25, 0.3) is 5.91 Å². The summed E-state index contributed by atoms with van der Waals surface area (Å²) >= 11 is 0. The number of benzene rings is 2. The van der Waals surface area contributed by atoms with E-state index in [1.807, 2.05) is 18.2 Å². The smallest absolute Gasteiger partial charge is 0.258 e. The van der Waals surface area contributed by atoms with Crippen LogP contribution in [0.1, 0.15) is 23.2 Å². The Hall–Kier alpha value is -3.02. The Balaban J connectivity index is 1.66. The summed E-state index contributed by atoms with van der Waals surface area (Å²) in [5.74, 6) is -0.640. The molecular formula is C18H15FN4O. The molecule has 3 aromatic rings. The van der Waals surface area contributed by atoms with Gasteiger partial charge in [0.1, 0.15) is 5.82 Å². The number of nitrogens with one attached hydrogen (secondary N) is 2. The number of halogens is 1. The quantitative estimate of drug-likeness (QED) is 0.770. The predicted molar refractivity (Wildman–Crippen MR) is 90.5 cm³/mol. The molecule has 0 bridgehead atoms. The van der Waals surface area contributed by atoms with E-state index in [-0.39, 0.29) is 11.7 Å². The zero-order valence-corrected chi connectivity index (χ0v) is 12.8. The number of hydrogen-bond donors (Lipinski definition) is 2. The molecule has 5 nitrogen and oxygen atoms in total. The Kier molecular flexibility index (Phi) is 3.57. The van der Waals surface area contributed by atoms with Crippen molar-refractivity contribution in [2.75, 3.05) is 10.6 Å². The first-order valence-corrected chi connectivity index (χ1v) is 7.78. The fraction of sp³-hybridized carbons (Fsp3) is 0.167. The van der Waals surface area contributed by atoms with Gasteiger partial charge in [0.05, 0.1) is 28.7 Å². The molecule has 1 amide bonds. The number of aromatic nitrogens is 2. The van der Waals surface area contributed by atoms with Gasteiger partial charge in [0, 0.05) is 11.4 Å². The van der Waals surface area contributed by atoms with E-state index in [0.29, 0.717) is 28.5 Å². The van der Waals surface area contributed by atoms with Crippen molar-refractivity contribution in [3.05, 3.63) is 60.0 Å². The number of amides is 1. The molecule has 0 radical (unpaired) electrons. The lowest BCUT2D eigenvalue weighted by molar-refractivity contribution is 0.102. The van der Waals surface area contributed by atoms with Crippen LogP contribution in [0.3, 0.4) is 0 Å². The second-order valence-corrected chi connectivity index (χ2v) is 5.84. The number of nitrogens with zero attached hydrogens (tertiary/aromatic N) is 2. The standard InChI is InChI=1S/C18H15FN4O/c19-11-5-8-16(17(9-11)21-12-6-7-12)22-18(24)14-10-20-23-15-4-2-1-3-13(14)15/h1-5,8-10,12,21H,6-7H2,(H,22,24). The van der Waals surface area contributed by atoms with Gasteiger partial charge in [-0.3, -0.25) is 4.79 Å². The minimum atomic E-state index is -0.341. The lowest BCUT2D eigenvalue weighted by atomic mass is 10.1. The van der Waals surface area contributed by atoms with Gasteiger partial charge in [-0.25, -0.2) is 4.39 Å². The molecular weight excluding hydrogens is 307 g/mol. The van der Waals surface area contributed by atoms with E-state index < -0.39 is 0 Å². The summed E-state index contributed by atoms with van der Waals surface area (Å²) < 4.78 is 13.5. The predicted octanol–water partition coefficient (Wildman–Crippen LogP) is 3.60. The van der Waals surface area contributed by atoms with Crippen molar-refractivity contribution < 1.29 is 9.18 Å². The van der Waals surface area contributed by atoms with Crippen LogP contribution in [0, 0.1) is 5.82 Å². The number of carbonyl (C=O) groups excluding carboxylic acids is 1. The van der Waals surface area contributed by atoms with Crippen molar-refractivity contribution in [1.82, 2.24) is 10.2 Å². The third-order valence-corrected chi connectivity index (χ3v) is 3.96. The molecule has 120 valence electrons. The summed E-state index contributed by atoms with van der Waals surface area (Å²) in [6, 6.07) is 12.0. The maximum absolute atomic E-state index is 13.5. The maximum atomic E-state index is 13.5. The van der Waals surface area contributed by atoms with Crippen LogP contribution in [0.15, 0.2) is 48.7 Å². The SMILES string of the molecule is O=C(Nc1ccc(F)cc1NC1CC1)c1cnnc2ccccc12. The van der Waals surface area contributed by atoms with Crippen LogP contribution < -0.4 is 10.6 Å². The van der Waals surface area contributed by atoms with E-state index in [0.717, 1.165) is 18.2 Å². The molecule has 0 atom stereocenters. The van der Waals surface area contributed by atoms with E-state index in [4.69, 9.17) is 0 Å².